The predicted molar refractivity (Wildman–Crippen MR) is 67.6 cm³/mol. The van der Waals surface area contributed by atoms with Crippen LogP contribution in [0.5, 0.6) is 5.75 Å². The summed E-state index contributed by atoms with van der Waals surface area (Å²) in [5.41, 5.74) is 0. The Labute approximate surface area is 102 Å². The highest BCUT2D eigenvalue weighted by molar-refractivity contribution is 5.86. The zero-order valence-corrected chi connectivity index (χ0v) is 9.80. The molecule has 1 amide bonds. The second-order valence-electron chi connectivity index (χ2n) is 3.26. The van der Waals surface area contributed by atoms with Crippen LogP contribution in [0.4, 0.5) is 0 Å². The van der Waals surface area contributed by atoms with E-state index in [1.54, 1.807) is 24.3 Å². The van der Waals surface area contributed by atoms with Crippen LogP contribution in [0.25, 0.3) is 0 Å². The Morgan fingerprint density at radius 3 is 2.35 bits per heavy atom. The molecule has 1 rings (SSSR count). The molecule has 0 aromatic heterocycles. The number of nitrogens with one attached hydrogen (secondary N) is 1. The molecule has 0 unspecified atom stereocenters. The van der Waals surface area contributed by atoms with Gasteiger partial charge in [0.2, 0.25) is 5.91 Å². The third kappa shape index (κ3) is 10.5. The summed E-state index contributed by atoms with van der Waals surface area (Å²) in [5.74, 6) is 0.167. The average Bonchev–Trinajstić information content (AvgIpc) is 2.36. The molecule has 0 aliphatic heterocycles. The van der Waals surface area contributed by atoms with Gasteiger partial charge in [-0.05, 0) is 31.1 Å². The second kappa shape index (κ2) is 10.7. The fourth-order valence-electron chi connectivity index (χ4n) is 0.949. The van der Waals surface area contributed by atoms with Gasteiger partial charge in [0.1, 0.15) is 5.75 Å². The van der Waals surface area contributed by atoms with E-state index in [0.717, 1.165) is 12.8 Å². The molecule has 94 valence electrons. The number of hydrogen-bond donors (Lipinski definition) is 3. The lowest BCUT2D eigenvalue weighted by Crippen LogP contribution is -2.21. The molecular formula is C13H19NO3. The molecular weight excluding hydrogens is 218 g/mol. The van der Waals surface area contributed by atoms with Crippen molar-refractivity contribution in [2.24, 2.45) is 0 Å². The number of aliphatic hydroxyl groups is 1. The highest BCUT2D eigenvalue weighted by Crippen LogP contribution is 2.02. The van der Waals surface area contributed by atoms with Gasteiger partial charge < -0.3 is 15.5 Å². The molecule has 0 aliphatic rings. The lowest BCUT2D eigenvalue weighted by molar-refractivity contribution is -0.116. The van der Waals surface area contributed by atoms with Crippen LogP contribution in [0.1, 0.15) is 12.8 Å². The van der Waals surface area contributed by atoms with Crippen molar-refractivity contribution in [3.63, 3.8) is 0 Å². The Balaban J connectivity index is 0.000000318. The maximum Gasteiger partial charge on any atom is 0.243 e. The van der Waals surface area contributed by atoms with E-state index < -0.39 is 0 Å². The minimum absolute atomic E-state index is 0.155. The largest absolute Gasteiger partial charge is 0.508 e. The normalized spacial score (nSPS) is 8.76. The third-order valence-electron chi connectivity index (χ3n) is 1.83. The number of aliphatic hydroxyl groups excluding tert-OH is 1. The first kappa shape index (κ1) is 15.2. The first-order valence-corrected chi connectivity index (χ1v) is 5.46. The maximum absolute atomic E-state index is 10.5. The van der Waals surface area contributed by atoms with E-state index in [1.807, 2.05) is 6.07 Å². The van der Waals surface area contributed by atoms with Crippen LogP contribution in [0.15, 0.2) is 43.0 Å². The molecule has 0 spiro atoms. The molecule has 0 bridgehead atoms. The zero-order valence-electron chi connectivity index (χ0n) is 9.80. The lowest BCUT2D eigenvalue weighted by atomic mass is 10.3. The molecule has 0 aliphatic carbocycles. The highest BCUT2D eigenvalue weighted by atomic mass is 16.3. The van der Waals surface area contributed by atoms with Gasteiger partial charge >= 0.3 is 0 Å². The van der Waals surface area contributed by atoms with Crippen LogP contribution >= 0.6 is 0 Å². The van der Waals surface area contributed by atoms with Gasteiger partial charge in [0.05, 0.1) is 0 Å². The van der Waals surface area contributed by atoms with E-state index in [9.17, 15) is 4.79 Å². The standard InChI is InChI=1S/C7H13NO2.C6H6O/c1-2-7(10)8-5-3-4-6-9;7-6-4-2-1-3-5-6/h2,9H,1,3-6H2,(H,8,10);1-5,7H. The molecule has 0 atom stereocenters. The number of para-hydroxylation sites is 1. The number of phenolic OH excluding ortho intramolecular Hbond substituents is 1. The molecule has 4 heteroatoms. The van der Waals surface area contributed by atoms with E-state index in [4.69, 9.17) is 10.2 Å². The molecule has 1 aromatic rings. The van der Waals surface area contributed by atoms with E-state index in [1.165, 1.54) is 6.08 Å². The second-order valence-corrected chi connectivity index (χ2v) is 3.26. The van der Waals surface area contributed by atoms with Crippen LogP contribution < -0.4 is 5.32 Å². The van der Waals surface area contributed by atoms with Crippen molar-refractivity contribution >= 4 is 5.91 Å². The quantitative estimate of drug-likeness (QED) is 0.536. The third-order valence-corrected chi connectivity index (χ3v) is 1.83. The van der Waals surface area contributed by atoms with Gasteiger partial charge in [0.15, 0.2) is 0 Å². The van der Waals surface area contributed by atoms with E-state index in [-0.39, 0.29) is 12.5 Å². The van der Waals surface area contributed by atoms with Crippen molar-refractivity contribution in [1.82, 2.24) is 5.32 Å². The van der Waals surface area contributed by atoms with Gasteiger partial charge in [0, 0.05) is 13.2 Å². The average molecular weight is 237 g/mol. The van der Waals surface area contributed by atoms with Crippen LogP contribution in [-0.4, -0.2) is 29.3 Å². The number of phenols is 1. The maximum atomic E-state index is 10.5. The van der Waals surface area contributed by atoms with E-state index >= 15 is 0 Å². The number of benzene rings is 1. The van der Waals surface area contributed by atoms with Crippen molar-refractivity contribution in [3.8, 4) is 5.75 Å². The molecule has 3 N–H and O–H groups in total. The fourth-order valence-corrected chi connectivity index (χ4v) is 0.949. The molecule has 0 radical (unpaired) electrons. The van der Waals surface area contributed by atoms with Gasteiger partial charge in [0.25, 0.3) is 0 Å². The Morgan fingerprint density at radius 2 is 1.94 bits per heavy atom. The molecule has 0 fully saturated rings. The summed E-state index contributed by atoms with van der Waals surface area (Å²) in [4.78, 5) is 10.5. The summed E-state index contributed by atoms with van der Waals surface area (Å²) in [6.07, 6.45) is 2.78. The lowest BCUT2D eigenvalue weighted by Gasteiger charge is -1.98. The van der Waals surface area contributed by atoms with Crippen molar-refractivity contribution in [3.05, 3.63) is 43.0 Å². The van der Waals surface area contributed by atoms with Crippen LogP contribution in [0, 0.1) is 0 Å². The topological polar surface area (TPSA) is 69.6 Å². The highest BCUT2D eigenvalue weighted by Gasteiger charge is 1.90. The number of amides is 1. The molecule has 0 saturated carbocycles. The van der Waals surface area contributed by atoms with Crippen molar-refractivity contribution in [1.29, 1.82) is 0 Å². The van der Waals surface area contributed by atoms with Gasteiger partial charge in [-0.3, -0.25) is 4.79 Å². The SMILES string of the molecule is C=CC(=O)NCCCCO.Oc1ccccc1. The Kier molecular flexibility index (Phi) is 9.56. The van der Waals surface area contributed by atoms with Gasteiger partial charge in [-0.15, -0.1) is 0 Å². The monoisotopic (exact) mass is 237 g/mol. The van der Waals surface area contributed by atoms with Crippen molar-refractivity contribution in [2.75, 3.05) is 13.2 Å². The summed E-state index contributed by atoms with van der Waals surface area (Å²) < 4.78 is 0. The summed E-state index contributed by atoms with van der Waals surface area (Å²) in [6, 6.07) is 8.71. The number of aromatic hydroxyl groups is 1. The van der Waals surface area contributed by atoms with Gasteiger partial charge in [-0.25, -0.2) is 0 Å². The number of hydrogen-bond acceptors (Lipinski definition) is 3. The summed E-state index contributed by atoms with van der Waals surface area (Å²) in [7, 11) is 0. The molecule has 4 nitrogen and oxygen atoms in total. The Bertz CT molecular complexity index is 312. The van der Waals surface area contributed by atoms with Gasteiger partial charge in [-0.1, -0.05) is 24.8 Å². The minimum Gasteiger partial charge on any atom is -0.508 e. The Morgan fingerprint density at radius 1 is 1.29 bits per heavy atom. The Hall–Kier alpha value is -1.81. The van der Waals surface area contributed by atoms with Crippen molar-refractivity contribution < 1.29 is 15.0 Å². The van der Waals surface area contributed by atoms with E-state index in [2.05, 4.69) is 11.9 Å². The fraction of sp³-hybridized carbons (Fsp3) is 0.308. The summed E-state index contributed by atoms with van der Waals surface area (Å²) >= 11 is 0. The molecule has 0 saturated heterocycles. The number of rotatable bonds is 5. The van der Waals surface area contributed by atoms with E-state index in [0.29, 0.717) is 12.3 Å². The first-order chi connectivity index (χ1) is 8.20. The number of unbranched alkanes of at least 4 members (excludes halogenated alkanes) is 1. The molecule has 1 aromatic carbocycles. The van der Waals surface area contributed by atoms with Crippen LogP contribution in [-0.2, 0) is 4.79 Å². The summed E-state index contributed by atoms with van der Waals surface area (Å²) in [5, 5.41) is 19.6. The smallest absolute Gasteiger partial charge is 0.243 e. The number of carbonyl (C=O) groups excluding carboxylic acids is 1. The minimum atomic E-state index is -0.155. The zero-order chi connectivity index (χ0) is 12.9. The van der Waals surface area contributed by atoms with Crippen LogP contribution in [0.3, 0.4) is 0 Å². The molecule has 17 heavy (non-hydrogen) atoms. The summed E-state index contributed by atoms with van der Waals surface area (Å²) in [6.45, 7) is 4.10. The molecule has 0 heterocycles. The predicted octanol–water partition coefficient (Wildman–Crippen LogP) is 1.45. The van der Waals surface area contributed by atoms with Gasteiger partial charge in [-0.2, -0.15) is 0 Å². The van der Waals surface area contributed by atoms with Crippen molar-refractivity contribution in [2.45, 2.75) is 12.8 Å². The van der Waals surface area contributed by atoms with Crippen LogP contribution in [0.2, 0.25) is 0 Å². The number of carbonyl (C=O) groups is 1. The first-order valence-electron chi connectivity index (χ1n) is 5.46.